The van der Waals surface area contributed by atoms with Gasteiger partial charge >= 0.3 is 18.9 Å². The van der Waals surface area contributed by atoms with Crippen molar-refractivity contribution in [2.45, 2.75) is 39.8 Å². The Morgan fingerprint density at radius 1 is 0.909 bits per heavy atom. The summed E-state index contributed by atoms with van der Waals surface area (Å²) in [7, 11) is -0.355. The maximum Gasteiger partial charge on any atom is 1.00 e. The van der Waals surface area contributed by atoms with Crippen LogP contribution in [0.15, 0.2) is 54.6 Å². The Labute approximate surface area is 150 Å². The number of hydrogen-bond acceptors (Lipinski definition) is 0. The van der Waals surface area contributed by atoms with Gasteiger partial charge in [-0.15, -0.1) is 41.3 Å². The normalized spacial score (nSPS) is 11.9. The molecule has 2 rings (SSSR count). The molecule has 0 saturated carbocycles. The van der Waals surface area contributed by atoms with Gasteiger partial charge in [-0.3, -0.25) is 0 Å². The first-order chi connectivity index (χ1) is 10.1. The minimum Gasteiger partial charge on any atom is -0.120 e. The predicted octanol–water partition coefficient (Wildman–Crippen LogP) is 2.06. The first-order valence-electron chi connectivity index (χ1n) is 7.94. The molecule has 0 saturated heterocycles. The van der Waals surface area contributed by atoms with Gasteiger partial charge in [-0.25, -0.2) is 0 Å². The van der Waals surface area contributed by atoms with E-state index in [-0.39, 0.29) is 27.7 Å². The summed E-state index contributed by atoms with van der Waals surface area (Å²) in [5.41, 5.74) is 2.75. The Morgan fingerprint density at radius 2 is 1.45 bits per heavy atom. The van der Waals surface area contributed by atoms with Gasteiger partial charge in [0.1, 0.15) is 0 Å². The van der Waals surface area contributed by atoms with Crippen LogP contribution in [-0.4, -0.2) is 8.80 Å². The van der Waals surface area contributed by atoms with E-state index in [1.54, 1.807) is 0 Å². The minimum atomic E-state index is -0.355. The standard InChI is InChI=1S/C20H26Si.Li/c1-5-16(2)15-20(17-9-7-6-8-10-17)18-11-13-19(14-12-18)21(3)4;/h6-14,16H,5,15H2,1-4H3;/q-1;+1. The Hall–Kier alpha value is -0.876. The van der Waals surface area contributed by atoms with Crippen LogP contribution >= 0.6 is 0 Å². The molecule has 0 nitrogen and oxygen atoms in total. The number of rotatable bonds is 6. The van der Waals surface area contributed by atoms with Crippen LogP contribution in [-0.2, 0) is 0 Å². The Balaban J connectivity index is 0.00000242. The van der Waals surface area contributed by atoms with Crippen LogP contribution < -0.4 is 24.0 Å². The van der Waals surface area contributed by atoms with Gasteiger partial charge in [-0.05, 0) is 5.92 Å². The third-order valence-electron chi connectivity index (χ3n) is 4.18. The fraction of sp³-hybridized carbons (Fsp3) is 0.350. The molecule has 2 aromatic carbocycles. The van der Waals surface area contributed by atoms with E-state index in [0.29, 0.717) is 0 Å². The van der Waals surface area contributed by atoms with Crippen molar-refractivity contribution in [3.63, 3.8) is 0 Å². The van der Waals surface area contributed by atoms with Crippen LogP contribution in [0.4, 0.5) is 0 Å². The number of hydrogen-bond donors (Lipinski definition) is 0. The van der Waals surface area contributed by atoms with Crippen LogP contribution in [0.1, 0.15) is 37.8 Å². The molecule has 0 aliphatic carbocycles. The minimum absolute atomic E-state index is 0. The first kappa shape index (κ1) is 19.2. The second-order valence-corrected chi connectivity index (χ2v) is 8.72. The third-order valence-corrected chi connectivity index (χ3v) is 5.67. The average molecular weight is 301 g/mol. The zero-order chi connectivity index (χ0) is 15.2. The van der Waals surface area contributed by atoms with Crippen molar-refractivity contribution in [1.82, 2.24) is 0 Å². The summed E-state index contributed by atoms with van der Waals surface area (Å²) < 4.78 is 0. The zero-order valence-corrected chi connectivity index (χ0v) is 15.7. The van der Waals surface area contributed by atoms with E-state index in [4.69, 9.17) is 0 Å². The molecule has 22 heavy (non-hydrogen) atoms. The molecule has 0 heterocycles. The summed E-state index contributed by atoms with van der Waals surface area (Å²) in [4.78, 5) is 0. The van der Waals surface area contributed by atoms with Crippen LogP contribution in [0.3, 0.4) is 0 Å². The van der Waals surface area contributed by atoms with Crippen molar-refractivity contribution in [3.05, 3.63) is 71.6 Å². The molecule has 0 N–H and O–H groups in total. The molecular formula is C20H26LiSi. The summed E-state index contributed by atoms with van der Waals surface area (Å²) >= 11 is 0. The van der Waals surface area contributed by atoms with Crippen molar-refractivity contribution >= 4 is 14.0 Å². The molecule has 0 aliphatic rings. The summed E-state index contributed by atoms with van der Waals surface area (Å²) in [6, 6.07) is 20.1. The van der Waals surface area contributed by atoms with E-state index in [1.807, 2.05) is 0 Å². The first-order valence-corrected chi connectivity index (χ1v) is 10.4. The van der Waals surface area contributed by atoms with Gasteiger partial charge in [0.05, 0.1) is 8.80 Å². The van der Waals surface area contributed by atoms with Crippen LogP contribution in [0.5, 0.6) is 0 Å². The van der Waals surface area contributed by atoms with E-state index in [2.05, 4.69) is 81.5 Å². The summed E-state index contributed by atoms with van der Waals surface area (Å²) in [5.74, 6) is 2.20. The molecule has 2 heteroatoms. The smallest absolute Gasteiger partial charge is 0.120 e. The van der Waals surface area contributed by atoms with E-state index < -0.39 is 0 Å². The van der Waals surface area contributed by atoms with Crippen LogP contribution in [0.2, 0.25) is 13.1 Å². The summed E-state index contributed by atoms with van der Waals surface area (Å²) in [6.07, 6.45) is 2.38. The molecule has 0 aromatic heterocycles. The third kappa shape index (κ3) is 5.09. The van der Waals surface area contributed by atoms with E-state index in [0.717, 1.165) is 12.3 Å². The van der Waals surface area contributed by atoms with Crippen LogP contribution in [0.25, 0.3) is 0 Å². The molecule has 1 radical (unpaired) electrons. The van der Waals surface area contributed by atoms with Gasteiger partial charge in [0.2, 0.25) is 0 Å². The SMILES string of the molecule is CCC(C)C[C-](c1ccccc1)c1ccc([Si](C)C)cc1.[Li+]. The average Bonchev–Trinajstić information content (AvgIpc) is 2.53. The summed E-state index contributed by atoms with van der Waals surface area (Å²) in [5, 5.41) is 1.51. The van der Waals surface area contributed by atoms with Gasteiger partial charge in [0.15, 0.2) is 0 Å². The van der Waals surface area contributed by atoms with E-state index >= 15 is 0 Å². The summed E-state index contributed by atoms with van der Waals surface area (Å²) in [6.45, 7) is 9.32. The topological polar surface area (TPSA) is 0 Å². The molecule has 0 aliphatic heterocycles. The van der Waals surface area contributed by atoms with Crippen LogP contribution in [0, 0.1) is 11.8 Å². The Morgan fingerprint density at radius 3 is 1.95 bits per heavy atom. The number of benzene rings is 2. The second kappa shape index (κ2) is 9.31. The zero-order valence-electron chi connectivity index (χ0n) is 14.7. The quantitative estimate of drug-likeness (QED) is 0.566. The van der Waals surface area contributed by atoms with Gasteiger partial charge in [-0.2, -0.15) is 0 Å². The molecule has 0 bridgehead atoms. The van der Waals surface area contributed by atoms with E-state index in [9.17, 15) is 0 Å². The van der Waals surface area contributed by atoms with Crippen molar-refractivity contribution in [2.24, 2.45) is 5.92 Å². The molecule has 2 aromatic rings. The largest absolute Gasteiger partial charge is 1.00 e. The maximum absolute atomic E-state index is 2.35. The predicted molar refractivity (Wildman–Crippen MR) is 95.5 cm³/mol. The Bertz CT molecular complexity index is 533. The monoisotopic (exact) mass is 301 g/mol. The van der Waals surface area contributed by atoms with E-state index in [1.165, 1.54) is 28.7 Å². The Kier molecular flexibility index (Phi) is 8.11. The molecular weight excluding hydrogens is 275 g/mol. The van der Waals surface area contributed by atoms with Crippen molar-refractivity contribution in [2.75, 3.05) is 0 Å². The fourth-order valence-electron chi connectivity index (χ4n) is 2.54. The molecule has 0 spiro atoms. The van der Waals surface area contributed by atoms with Crippen molar-refractivity contribution < 1.29 is 18.9 Å². The molecule has 0 fully saturated rings. The van der Waals surface area contributed by atoms with Crippen molar-refractivity contribution in [3.8, 4) is 0 Å². The second-order valence-electron chi connectivity index (χ2n) is 6.14. The van der Waals surface area contributed by atoms with Gasteiger partial charge in [-0.1, -0.05) is 75.3 Å². The van der Waals surface area contributed by atoms with Gasteiger partial charge in [0.25, 0.3) is 0 Å². The van der Waals surface area contributed by atoms with Crippen molar-refractivity contribution in [1.29, 1.82) is 0 Å². The molecule has 0 amide bonds. The molecule has 1 unspecified atom stereocenters. The molecule has 1 atom stereocenters. The maximum atomic E-state index is 2.35. The van der Waals surface area contributed by atoms with Gasteiger partial charge < -0.3 is 0 Å². The molecule has 111 valence electrons. The van der Waals surface area contributed by atoms with Gasteiger partial charge in [0, 0.05) is 0 Å². The fourth-order valence-corrected chi connectivity index (χ4v) is 3.37.